The van der Waals surface area contributed by atoms with Gasteiger partial charge in [0.1, 0.15) is 0 Å². The van der Waals surface area contributed by atoms with Crippen molar-refractivity contribution in [2.24, 2.45) is 0 Å². The number of carbonyl (C=O) groups is 1. The van der Waals surface area contributed by atoms with Crippen molar-refractivity contribution in [3.05, 3.63) is 71.9 Å². The molecule has 0 atom stereocenters. The standard InChI is InChI=1S/C23H26N2O/c1-2-14-25-17-21(20-10-6-7-11-22(20)25)23(26)24-15-12-19(13-16-24)18-8-4-3-5-9-18/h3-11,17,19H,2,12-16H2,1H3. The maximum Gasteiger partial charge on any atom is 0.256 e. The summed E-state index contributed by atoms with van der Waals surface area (Å²) < 4.78 is 2.22. The average molecular weight is 346 g/mol. The van der Waals surface area contributed by atoms with Gasteiger partial charge in [-0.15, -0.1) is 0 Å². The fraction of sp³-hybridized carbons (Fsp3) is 0.348. The summed E-state index contributed by atoms with van der Waals surface area (Å²) in [5.74, 6) is 0.754. The molecule has 2 heterocycles. The van der Waals surface area contributed by atoms with Gasteiger partial charge in [0, 0.05) is 36.7 Å². The maximum absolute atomic E-state index is 13.2. The van der Waals surface area contributed by atoms with E-state index >= 15 is 0 Å². The smallest absolute Gasteiger partial charge is 0.256 e. The first kappa shape index (κ1) is 16.9. The highest BCUT2D eigenvalue weighted by molar-refractivity contribution is 6.07. The van der Waals surface area contributed by atoms with E-state index in [1.54, 1.807) is 0 Å². The van der Waals surface area contributed by atoms with Crippen LogP contribution in [0.4, 0.5) is 0 Å². The molecule has 1 amide bonds. The van der Waals surface area contributed by atoms with E-state index in [-0.39, 0.29) is 5.91 Å². The Morgan fingerprint density at radius 3 is 2.42 bits per heavy atom. The number of likely N-dealkylation sites (tertiary alicyclic amines) is 1. The molecule has 0 spiro atoms. The molecule has 4 rings (SSSR count). The van der Waals surface area contributed by atoms with Crippen molar-refractivity contribution in [1.29, 1.82) is 0 Å². The molecule has 1 aliphatic rings. The van der Waals surface area contributed by atoms with E-state index in [4.69, 9.17) is 0 Å². The molecule has 3 nitrogen and oxygen atoms in total. The van der Waals surface area contributed by atoms with Crippen LogP contribution in [0.5, 0.6) is 0 Å². The maximum atomic E-state index is 13.2. The van der Waals surface area contributed by atoms with Gasteiger partial charge in [-0.25, -0.2) is 0 Å². The Morgan fingerprint density at radius 1 is 1.00 bits per heavy atom. The van der Waals surface area contributed by atoms with Gasteiger partial charge in [-0.1, -0.05) is 55.5 Å². The predicted molar refractivity (Wildman–Crippen MR) is 107 cm³/mol. The molecule has 0 N–H and O–H groups in total. The fourth-order valence-corrected chi connectivity index (χ4v) is 4.15. The minimum Gasteiger partial charge on any atom is -0.347 e. The number of hydrogen-bond donors (Lipinski definition) is 0. The lowest BCUT2D eigenvalue weighted by Gasteiger charge is -2.32. The second-order valence-electron chi connectivity index (χ2n) is 7.23. The first-order chi connectivity index (χ1) is 12.8. The number of aromatic nitrogens is 1. The Morgan fingerprint density at radius 2 is 1.69 bits per heavy atom. The second-order valence-corrected chi connectivity index (χ2v) is 7.23. The molecule has 0 aliphatic carbocycles. The number of aryl methyl sites for hydroxylation is 1. The van der Waals surface area contributed by atoms with Gasteiger partial charge < -0.3 is 9.47 Å². The van der Waals surface area contributed by atoms with Crippen LogP contribution >= 0.6 is 0 Å². The monoisotopic (exact) mass is 346 g/mol. The minimum atomic E-state index is 0.183. The van der Waals surface area contributed by atoms with E-state index in [9.17, 15) is 4.79 Å². The normalized spacial score (nSPS) is 15.5. The third kappa shape index (κ3) is 3.14. The summed E-state index contributed by atoms with van der Waals surface area (Å²) >= 11 is 0. The Bertz CT molecular complexity index is 889. The van der Waals surface area contributed by atoms with Crippen LogP contribution in [0.1, 0.15) is 48.0 Å². The van der Waals surface area contributed by atoms with Gasteiger partial charge in [-0.3, -0.25) is 4.79 Å². The van der Waals surface area contributed by atoms with Gasteiger partial charge in [0.2, 0.25) is 0 Å². The summed E-state index contributed by atoms with van der Waals surface area (Å²) in [5, 5.41) is 1.08. The average Bonchev–Trinajstić information content (AvgIpc) is 3.07. The third-order valence-electron chi connectivity index (χ3n) is 5.54. The van der Waals surface area contributed by atoms with Gasteiger partial charge in [-0.05, 0) is 36.8 Å². The molecule has 0 unspecified atom stereocenters. The van der Waals surface area contributed by atoms with Crippen molar-refractivity contribution >= 4 is 16.8 Å². The lowest BCUT2D eigenvalue weighted by atomic mass is 9.89. The number of piperidine rings is 1. The second kappa shape index (κ2) is 7.36. The van der Waals surface area contributed by atoms with Gasteiger partial charge in [0.15, 0.2) is 0 Å². The van der Waals surface area contributed by atoms with E-state index < -0.39 is 0 Å². The van der Waals surface area contributed by atoms with Crippen molar-refractivity contribution in [3.63, 3.8) is 0 Å². The van der Waals surface area contributed by atoms with Gasteiger partial charge in [0.05, 0.1) is 5.56 Å². The lowest BCUT2D eigenvalue weighted by Crippen LogP contribution is -2.37. The van der Waals surface area contributed by atoms with Crippen LogP contribution in [0.3, 0.4) is 0 Å². The Labute approximate surface area is 155 Å². The number of amides is 1. The molecule has 0 radical (unpaired) electrons. The van der Waals surface area contributed by atoms with Gasteiger partial charge in [0.25, 0.3) is 5.91 Å². The van der Waals surface area contributed by atoms with E-state index in [1.807, 2.05) is 17.0 Å². The molecule has 1 aliphatic heterocycles. The number of fused-ring (bicyclic) bond motifs is 1. The highest BCUT2D eigenvalue weighted by atomic mass is 16.2. The Hall–Kier alpha value is -2.55. The molecule has 1 fully saturated rings. The van der Waals surface area contributed by atoms with Crippen LogP contribution in [-0.4, -0.2) is 28.5 Å². The molecule has 3 aromatic rings. The topological polar surface area (TPSA) is 25.2 Å². The molecular formula is C23H26N2O. The van der Waals surface area contributed by atoms with Crippen LogP contribution < -0.4 is 0 Å². The zero-order valence-corrected chi connectivity index (χ0v) is 15.4. The van der Waals surface area contributed by atoms with Crippen molar-refractivity contribution in [2.45, 2.75) is 38.6 Å². The molecule has 2 aromatic carbocycles. The zero-order valence-electron chi connectivity index (χ0n) is 15.4. The van der Waals surface area contributed by atoms with Crippen molar-refractivity contribution in [1.82, 2.24) is 9.47 Å². The van der Waals surface area contributed by atoms with E-state index in [1.165, 1.54) is 5.56 Å². The SMILES string of the molecule is CCCn1cc(C(=O)N2CCC(c3ccccc3)CC2)c2ccccc21. The summed E-state index contributed by atoms with van der Waals surface area (Å²) in [7, 11) is 0. The van der Waals surface area contributed by atoms with Crippen LogP contribution in [-0.2, 0) is 6.54 Å². The van der Waals surface area contributed by atoms with Gasteiger partial charge >= 0.3 is 0 Å². The summed E-state index contributed by atoms with van der Waals surface area (Å²) in [6.07, 6.45) is 5.21. The molecule has 134 valence electrons. The fourth-order valence-electron chi connectivity index (χ4n) is 4.15. The molecule has 26 heavy (non-hydrogen) atoms. The number of hydrogen-bond acceptors (Lipinski definition) is 1. The molecular weight excluding hydrogens is 320 g/mol. The number of benzene rings is 2. The van der Waals surface area contributed by atoms with Crippen LogP contribution in [0.15, 0.2) is 60.8 Å². The van der Waals surface area contributed by atoms with Crippen LogP contribution in [0.25, 0.3) is 10.9 Å². The minimum absolute atomic E-state index is 0.183. The molecule has 1 saturated heterocycles. The summed E-state index contributed by atoms with van der Waals surface area (Å²) in [5.41, 5.74) is 3.42. The lowest BCUT2D eigenvalue weighted by molar-refractivity contribution is 0.0714. The van der Waals surface area contributed by atoms with E-state index in [2.05, 4.69) is 60.2 Å². The largest absolute Gasteiger partial charge is 0.347 e. The number of nitrogens with zero attached hydrogens (tertiary/aromatic N) is 2. The zero-order chi connectivity index (χ0) is 17.9. The van der Waals surface area contributed by atoms with Gasteiger partial charge in [-0.2, -0.15) is 0 Å². The molecule has 0 saturated carbocycles. The highest BCUT2D eigenvalue weighted by Crippen LogP contribution is 2.30. The summed E-state index contributed by atoms with van der Waals surface area (Å²) in [6.45, 7) is 4.80. The van der Waals surface area contributed by atoms with Crippen molar-refractivity contribution in [3.8, 4) is 0 Å². The summed E-state index contributed by atoms with van der Waals surface area (Å²) in [6, 6.07) is 19.0. The molecule has 3 heteroatoms. The van der Waals surface area contributed by atoms with Crippen LogP contribution in [0, 0.1) is 0 Å². The third-order valence-corrected chi connectivity index (χ3v) is 5.54. The van der Waals surface area contributed by atoms with Crippen LogP contribution in [0.2, 0.25) is 0 Å². The molecule has 1 aromatic heterocycles. The summed E-state index contributed by atoms with van der Waals surface area (Å²) in [4.78, 5) is 15.2. The van der Waals surface area contributed by atoms with Crippen molar-refractivity contribution < 1.29 is 4.79 Å². The first-order valence-electron chi connectivity index (χ1n) is 9.70. The highest BCUT2D eigenvalue weighted by Gasteiger charge is 2.26. The predicted octanol–water partition coefficient (Wildman–Crippen LogP) is 5.07. The number of para-hydroxylation sites is 1. The van der Waals surface area contributed by atoms with E-state index in [0.29, 0.717) is 5.92 Å². The molecule has 0 bridgehead atoms. The Balaban J connectivity index is 1.53. The van der Waals surface area contributed by atoms with E-state index in [0.717, 1.165) is 55.4 Å². The number of rotatable bonds is 4. The number of carbonyl (C=O) groups excluding carboxylic acids is 1. The van der Waals surface area contributed by atoms with Crippen molar-refractivity contribution in [2.75, 3.05) is 13.1 Å². The first-order valence-corrected chi connectivity index (χ1v) is 9.70. The quantitative estimate of drug-likeness (QED) is 0.647. The Kier molecular flexibility index (Phi) is 4.79.